The van der Waals surface area contributed by atoms with E-state index in [4.69, 9.17) is 4.42 Å². The van der Waals surface area contributed by atoms with Gasteiger partial charge in [-0.1, -0.05) is 28.1 Å². The second-order valence-electron chi connectivity index (χ2n) is 4.95. The van der Waals surface area contributed by atoms with E-state index >= 15 is 0 Å². The first kappa shape index (κ1) is 13.2. The summed E-state index contributed by atoms with van der Waals surface area (Å²) >= 11 is 3.46. The van der Waals surface area contributed by atoms with E-state index in [1.54, 1.807) is 12.1 Å². The molecule has 0 radical (unpaired) electrons. The summed E-state index contributed by atoms with van der Waals surface area (Å²) in [4.78, 5) is 30.5. The van der Waals surface area contributed by atoms with Gasteiger partial charge in [0.05, 0.1) is 6.20 Å². The summed E-state index contributed by atoms with van der Waals surface area (Å²) in [5.41, 5.74) is 1.03. The number of carbonyl (C=O) groups excluding carboxylic acids is 2. The third kappa shape index (κ3) is 1.80. The van der Waals surface area contributed by atoms with Crippen LogP contribution in [-0.2, 0) is 6.54 Å². The molecule has 0 atom stereocenters. The van der Waals surface area contributed by atoms with Gasteiger partial charge in [-0.05, 0) is 23.6 Å². The lowest BCUT2D eigenvalue weighted by molar-refractivity contribution is 0.0584. The molecule has 0 fully saturated rings. The van der Waals surface area contributed by atoms with Crippen molar-refractivity contribution in [1.29, 1.82) is 0 Å². The van der Waals surface area contributed by atoms with Crippen LogP contribution in [0.1, 0.15) is 26.6 Å². The van der Waals surface area contributed by atoms with Crippen LogP contribution in [0.2, 0.25) is 0 Å². The van der Waals surface area contributed by atoms with Crippen LogP contribution in [0.4, 0.5) is 0 Å². The molecule has 4 rings (SSSR count). The Kier molecular flexibility index (Phi) is 2.87. The minimum Gasteiger partial charge on any atom is -0.447 e. The number of rotatable bonds is 2. The fraction of sp³-hybridized carbons (Fsp3) is 0.0625. The number of hydrogen-bond acceptors (Lipinski definition) is 4. The zero-order valence-corrected chi connectivity index (χ0v) is 12.8. The third-order valence-corrected chi connectivity index (χ3v) is 4.41. The maximum Gasteiger partial charge on any atom is 0.261 e. The molecular formula is C16H9BrN2O3. The fourth-order valence-electron chi connectivity index (χ4n) is 2.72. The normalized spacial score (nSPS) is 14.0. The van der Waals surface area contributed by atoms with Gasteiger partial charge in [-0.2, -0.15) is 0 Å². The van der Waals surface area contributed by atoms with Gasteiger partial charge >= 0.3 is 0 Å². The number of aromatic nitrogens is 1. The summed E-state index contributed by atoms with van der Waals surface area (Å²) in [6, 6.07) is 8.97. The summed E-state index contributed by atoms with van der Waals surface area (Å²) in [6.07, 6.45) is 2.90. The van der Waals surface area contributed by atoms with Gasteiger partial charge in [-0.15, -0.1) is 0 Å². The summed E-state index contributed by atoms with van der Waals surface area (Å²) in [5, 5.41) is 1.54. The molecule has 6 heteroatoms. The van der Waals surface area contributed by atoms with Crippen molar-refractivity contribution < 1.29 is 14.0 Å². The summed E-state index contributed by atoms with van der Waals surface area (Å²) in [7, 11) is 0. The molecule has 2 amide bonds. The van der Waals surface area contributed by atoms with Crippen LogP contribution >= 0.6 is 15.9 Å². The van der Waals surface area contributed by atoms with Crippen LogP contribution in [-0.4, -0.2) is 21.7 Å². The van der Waals surface area contributed by atoms with Crippen molar-refractivity contribution in [2.45, 2.75) is 6.54 Å². The molecule has 0 N–H and O–H groups in total. The molecule has 0 unspecified atom stereocenters. The highest BCUT2D eigenvalue weighted by Crippen LogP contribution is 2.34. The monoisotopic (exact) mass is 356 g/mol. The van der Waals surface area contributed by atoms with Crippen molar-refractivity contribution in [3.8, 4) is 0 Å². The third-order valence-electron chi connectivity index (χ3n) is 3.72. The number of carbonyl (C=O) groups is 2. The molecule has 1 aromatic heterocycles. The highest BCUT2D eigenvalue weighted by Gasteiger charge is 2.33. The maximum atomic E-state index is 12.7. The molecule has 0 saturated heterocycles. The lowest BCUT2D eigenvalue weighted by Crippen LogP contribution is -2.39. The largest absolute Gasteiger partial charge is 0.447 e. The number of oxazole rings is 1. The molecule has 2 heterocycles. The smallest absolute Gasteiger partial charge is 0.261 e. The number of benzene rings is 2. The first-order valence-electron chi connectivity index (χ1n) is 6.62. The SMILES string of the molecule is O=C1c2cccc3c(Br)ccc(c23)C(=O)N1Cc1ncco1. The van der Waals surface area contributed by atoms with Crippen LogP contribution in [0, 0.1) is 0 Å². The Hall–Kier alpha value is -2.47. The molecule has 0 aliphatic carbocycles. The maximum absolute atomic E-state index is 12.7. The average Bonchev–Trinajstić information content (AvgIpc) is 3.03. The lowest BCUT2D eigenvalue weighted by Gasteiger charge is -2.26. The predicted molar refractivity (Wildman–Crippen MR) is 82.4 cm³/mol. The van der Waals surface area contributed by atoms with Crippen molar-refractivity contribution in [3.63, 3.8) is 0 Å². The van der Waals surface area contributed by atoms with Crippen molar-refractivity contribution in [2.75, 3.05) is 0 Å². The Morgan fingerprint density at radius 2 is 1.86 bits per heavy atom. The minimum absolute atomic E-state index is 0.0244. The molecule has 1 aliphatic rings. The molecule has 2 aromatic carbocycles. The Morgan fingerprint density at radius 1 is 1.09 bits per heavy atom. The van der Waals surface area contributed by atoms with E-state index in [9.17, 15) is 9.59 Å². The highest BCUT2D eigenvalue weighted by atomic mass is 79.9. The van der Waals surface area contributed by atoms with Gasteiger partial charge in [-0.25, -0.2) is 4.98 Å². The Bertz CT molecular complexity index is 896. The molecular weight excluding hydrogens is 348 g/mol. The number of hydrogen-bond donors (Lipinski definition) is 0. The lowest BCUT2D eigenvalue weighted by atomic mass is 9.94. The van der Waals surface area contributed by atoms with Crippen molar-refractivity contribution in [1.82, 2.24) is 9.88 Å². The van der Waals surface area contributed by atoms with E-state index in [0.29, 0.717) is 22.4 Å². The van der Waals surface area contributed by atoms with Gasteiger partial charge in [0, 0.05) is 21.0 Å². The first-order valence-corrected chi connectivity index (χ1v) is 7.42. The standard InChI is InChI=1S/C16H9BrN2O3/c17-12-5-4-11-14-9(12)2-1-3-10(14)15(20)19(16(11)21)8-13-18-6-7-22-13/h1-7H,8H2. The van der Waals surface area contributed by atoms with E-state index in [2.05, 4.69) is 20.9 Å². The van der Waals surface area contributed by atoms with Gasteiger partial charge in [0.1, 0.15) is 12.8 Å². The predicted octanol–water partition coefficient (Wildman–Crippen LogP) is 3.39. The molecule has 0 saturated carbocycles. The molecule has 5 nitrogen and oxygen atoms in total. The summed E-state index contributed by atoms with van der Waals surface area (Å²) in [5.74, 6) is -0.340. The van der Waals surface area contributed by atoms with Crippen molar-refractivity contribution >= 4 is 38.5 Å². The van der Waals surface area contributed by atoms with Crippen molar-refractivity contribution in [3.05, 3.63) is 64.3 Å². The highest BCUT2D eigenvalue weighted by molar-refractivity contribution is 9.10. The Morgan fingerprint density at radius 3 is 2.59 bits per heavy atom. The van der Waals surface area contributed by atoms with Crippen LogP contribution in [0.3, 0.4) is 0 Å². The van der Waals surface area contributed by atoms with E-state index < -0.39 is 0 Å². The van der Waals surface area contributed by atoms with E-state index in [0.717, 1.165) is 14.8 Å². The summed E-state index contributed by atoms with van der Waals surface area (Å²) < 4.78 is 6.00. The van der Waals surface area contributed by atoms with Crippen LogP contribution < -0.4 is 0 Å². The minimum atomic E-state index is -0.334. The van der Waals surface area contributed by atoms with Crippen LogP contribution in [0.25, 0.3) is 10.8 Å². The van der Waals surface area contributed by atoms with Gasteiger partial charge in [0.2, 0.25) is 5.89 Å². The van der Waals surface area contributed by atoms with Crippen LogP contribution in [0.5, 0.6) is 0 Å². The molecule has 3 aromatic rings. The molecule has 108 valence electrons. The topological polar surface area (TPSA) is 63.4 Å². The number of amides is 2. The van der Waals surface area contributed by atoms with E-state index in [1.165, 1.54) is 12.5 Å². The number of imide groups is 1. The van der Waals surface area contributed by atoms with E-state index in [1.807, 2.05) is 18.2 Å². The molecule has 1 aliphatic heterocycles. The van der Waals surface area contributed by atoms with Crippen molar-refractivity contribution in [2.24, 2.45) is 0 Å². The molecule has 0 spiro atoms. The quantitative estimate of drug-likeness (QED) is 0.660. The number of halogens is 1. The molecule has 22 heavy (non-hydrogen) atoms. The second-order valence-corrected chi connectivity index (χ2v) is 5.80. The zero-order chi connectivity index (χ0) is 15.3. The summed E-state index contributed by atoms with van der Waals surface area (Å²) in [6.45, 7) is 0.0244. The fourth-order valence-corrected chi connectivity index (χ4v) is 3.18. The van der Waals surface area contributed by atoms with Gasteiger partial charge in [-0.3, -0.25) is 14.5 Å². The zero-order valence-electron chi connectivity index (χ0n) is 11.2. The number of nitrogens with zero attached hydrogens (tertiary/aromatic N) is 2. The van der Waals surface area contributed by atoms with Gasteiger partial charge < -0.3 is 4.42 Å². The van der Waals surface area contributed by atoms with Gasteiger partial charge in [0.25, 0.3) is 11.8 Å². The Labute approximate surface area is 133 Å². The molecule has 0 bridgehead atoms. The van der Waals surface area contributed by atoms with Gasteiger partial charge in [0.15, 0.2) is 0 Å². The first-order chi connectivity index (χ1) is 10.7. The van der Waals surface area contributed by atoms with E-state index in [-0.39, 0.29) is 18.4 Å². The average molecular weight is 357 g/mol. The Balaban J connectivity index is 1.91. The second kappa shape index (κ2) is 4.78. The van der Waals surface area contributed by atoms with Crippen LogP contribution in [0.15, 0.2) is 51.7 Å².